The second-order valence-corrected chi connectivity index (χ2v) is 5.36. The third-order valence-electron chi connectivity index (χ3n) is 3.41. The molecule has 0 saturated carbocycles. The summed E-state index contributed by atoms with van der Waals surface area (Å²) in [6, 6.07) is 2.01. The lowest BCUT2D eigenvalue weighted by Crippen LogP contribution is -2.26. The highest BCUT2D eigenvalue weighted by molar-refractivity contribution is 6.31. The Morgan fingerprint density at radius 2 is 2.24 bits per heavy atom. The number of halogens is 1. The lowest BCUT2D eigenvalue weighted by atomic mass is 10.0. The van der Waals surface area contributed by atoms with Crippen LogP contribution < -0.4 is 5.32 Å². The summed E-state index contributed by atoms with van der Waals surface area (Å²) in [6.45, 7) is 8.06. The highest BCUT2D eigenvalue weighted by Crippen LogP contribution is 2.31. The molecule has 0 saturated heterocycles. The van der Waals surface area contributed by atoms with Crippen LogP contribution in [0.15, 0.2) is 16.7 Å². The van der Waals surface area contributed by atoms with Crippen molar-refractivity contribution in [2.45, 2.75) is 33.4 Å². The summed E-state index contributed by atoms with van der Waals surface area (Å²) in [7, 11) is 1.68. The Balaban J connectivity index is 2.43. The van der Waals surface area contributed by atoms with Gasteiger partial charge in [-0.3, -0.25) is 4.68 Å². The van der Waals surface area contributed by atoms with Crippen LogP contribution in [0.1, 0.15) is 35.7 Å². The van der Waals surface area contributed by atoms with Gasteiger partial charge in [0.25, 0.3) is 0 Å². The van der Waals surface area contributed by atoms with Crippen LogP contribution in [0.25, 0.3) is 0 Å². The average Bonchev–Trinajstić information content (AvgIpc) is 2.97. The quantitative estimate of drug-likeness (QED) is 0.853. The maximum atomic E-state index is 6.37. The molecule has 2 aromatic rings. The van der Waals surface area contributed by atoms with E-state index in [9.17, 15) is 0 Å². The lowest BCUT2D eigenvalue weighted by molar-refractivity contribution is 0.182. The summed E-state index contributed by atoms with van der Waals surface area (Å²) in [6.07, 6.45) is 1.68. The summed E-state index contributed by atoms with van der Waals surface area (Å²) < 4.78 is 12.7. The van der Waals surface area contributed by atoms with E-state index in [-0.39, 0.29) is 6.04 Å². The standard InChI is InChI=1S/C15H22ClN3O2/c1-5-17-14(12-8-10(2)21-11(12)3)15-13(16)9-18-19(15)6-7-20-4/h8-9,14,17H,5-7H2,1-4H3. The zero-order chi connectivity index (χ0) is 15.4. The van der Waals surface area contributed by atoms with Gasteiger partial charge in [0.1, 0.15) is 11.5 Å². The van der Waals surface area contributed by atoms with Crippen LogP contribution in [0.2, 0.25) is 5.02 Å². The Labute approximate surface area is 130 Å². The first-order valence-electron chi connectivity index (χ1n) is 7.08. The molecule has 21 heavy (non-hydrogen) atoms. The Morgan fingerprint density at radius 3 is 2.81 bits per heavy atom. The van der Waals surface area contributed by atoms with Gasteiger partial charge in [-0.2, -0.15) is 5.10 Å². The molecule has 0 fully saturated rings. The monoisotopic (exact) mass is 311 g/mol. The zero-order valence-corrected chi connectivity index (χ0v) is 13.7. The van der Waals surface area contributed by atoms with Crippen molar-refractivity contribution < 1.29 is 9.15 Å². The SMILES string of the molecule is CCNC(c1cc(C)oc1C)c1c(Cl)cnn1CCOC. The molecule has 6 heteroatoms. The lowest BCUT2D eigenvalue weighted by Gasteiger charge is -2.19. The molecule has 0 bridgehead atoms. The molecule has 2 heterocycles. The van der Waals surface area contributed by atoms with Crippen LogP contribution in [0.4, 0.5) is 0 Å². The van der Waals surface area contributed by atoms with Gasteiger partial charge in [-0.05, 0) is 26.5 Å². The van der Waals surface area contributed by atoms with E-state index in [4.69, 9.17) is 20.8 Å². The number of hydrogen-bond acceptors (Lipinski definition) is 4. The molecule has 1 N–H and O–H groups in total. The van der Waals surface area contributed by atoms with Crippen molar-refractivity contribution in [3.8, 4) is 0 Å². The normalized spacial score (nSPS) is 12.8. The molecule has 1 unspecified atom stereocenters. The number of nitrogens with zero attached hydrogens (tertiary/aromatic N) is 2. The van der Waals surface area contributed by atoms with Crippen molar-refractivity contribution in [2.24, 2.45) is 0 Å². The molecule has 0 radical (unpaired) electrons. The van der Waals surface area contributed by atoms with E-state index >= 15 is 0 Å². The van der Waals surface area contributed by atoms with Gasteiger partial charge in [0.15, 0.2) is 0 Å². The number of rotatable bonds is 7. The predicted molar refractivity (Wildman–Crippen MR) is 82.8 cm³/mol. The number of aryl methyl sites for hydroxylation is 2. The van der Waals surface area contributed by atoms with Gasteiger partial charge in [-0.1, -0.05) is 18.5 Å². The molecular formula is C15H22ClN3O2. The van der Waals surface area contributed by atoms with Gasteiger partial charge in [-0.25, -0.2) is 0 Å². The fraction of sp³-hybridized carbons (Fsp3) is 0.533. The van der Waals surface area contributed by atoms with Crippen molar-refractivity contribution in [2.75, 3.05) is 20.3 Å². The molecule has 0 amide bonds. The van der Waals surface area contributed by atoms with E-state index in [1.807, 2.05) is 24.6 Å². The number of furan rings is 1. The largest absolute Gasteiger partial charge is 0.466 e. The van der Waals surface area contributed by atoms with Gasteiger partial charge in [0.05, 0.1) is 36.1 Å². The first-order valence-corrected chi connectivity index (χ1v) is 7.46. The topological polar surface area (TPSA) is 52.2 Å². The van der Waals surface area contributed by atoms with E-state index < -0.39 is 0 Å². The average molecular weight is 312 g/mol. The van der Waals surface area contributed by atoms with Crippen LogP contribution in [0.3, 0.4) is 0 Å². The summed E-state index contributed by atoms with van der Waals surface area (Å²) in [4.78, 5) is 0. The van der Waals surface area contributed by atoms with E-state index in [1.54, 1.807) is 13.3 Å². The van der Waals surface area contributed by atoms with Crippen molar-refractivity contribution in [3.63, 3.8) is 0 Å². The smallest absolute Gasteiger partial charge is 0.106 e. The van der Waals surface area contributed by atoms with Crippen LogP contribution in [-0.4, -0.2) is 30.0 Å². The van der Waals surface area contributed by atoms with Crippen LogP contribution in [0, 0.1) is 13.8 Å². The molecule has 1 atom stereocenters. The van der Waals surface area contributed by atoms with Gasteiger partial charge in [0, 0.05) is 12.7 Å². The van der Waals surface area contributed by atoms with Crippen LogP contribution >= 0.6 is 11.6 Å². The number of hydrogen-bond donors (Lipinski definition) is 1. The molecule has 116 valence electrons. The van der Waals surface area contributed by atoms with Crippen molar-refractivity contribution in [1.82, 2.24) is 15.1 Å². The van der Waals surface area contributed by atoms with E-state index in [0.29, 0.717) is 18.2 Å². The van der Waals surface area contributed by atoms with E-state index in [1.165, 1.54) is 0 Å². The van der Waals surface area contributed by atoms with Gasteiger partial charge in [0.2, 0.25) is 0 Å². The fourth-order valence-corrected chi connectivity index (χ4v) is 2.76. The Hall–Kier alpha value is -1.30. The van der Waals surface area contributed by atoms with Crippen LogP contribution in [0.5, 0.6) is 0 Å². The maximum Gasteiger partial charge on any atom is 0.106 e. The van der Waals surface area contributed by atoms with Crippen molar-refractivity contribution in [3.05, 3.63) is 40.1 Å². The Morgan fingerprint density at radius 1 is 1.48 bits per heavy atom. The molecule has 2 aromatic heterocycles. The zero-order valence-electron chi connectivity index (χ0n) is 12.9. The van der Waals surface area contributed by atoms with Gasteiger partial charge >= 0.3 is 0 Å². The first kappa shape index (κ1) is 16.1. The third kappa shape index (κ3) is 3.48. The summed E-state index contributed by atoms with van der Waals surface area (Å²) in [5.41, 5.74) is 2.04. The highest BCUT2D eigenvalue weighted by Gasteiger charge is 2.24. The second-order valence-electron chi connectivity index (χ2n) is 4.95. The predicted octanol–water partition coefficient (Wildman–Crippen LogP) is 3.09. The molecular weight excluding hydrogens is 290 g/mol. The highest BCUT2D eigenvalue weighted by atomic mass is 35.5. The van der Waals surface area contributed by atoms with Gasteiger partial charge < -0.3 is 14.5 Å². The molecule has 2 rings (SSSR count). The van der Waals surface area contributed by atoms with Crippen molar-refractivity contribution >= 4 is 11.6 Å². The molecule has 0 aliphatic rings. The summed E-state index contributed by atoms with van der Waals surface area (Å²) >= 11 is 6.37. The Kier molecular flexibility index (Phi) is 5.45. The molecule has 0 aliphatic heterocycles. The minimum absolute atomic E-state index is 0.0423. The number of nitrogens with one attached hydrogen (secondary N) is 1. The summed E-state index contributed by atoms with van der Waals surface area (Å²) in [5.74, 6) is 1.79. The fourth-order valence-electron chi connectivity index (χ4n) is 2.51. The number of methoxy groups -OCH3 is 1. The minimum Gasteiger partial charge on any atom is -0.466 e. The second kappa shape index (κ2) is 7.11. The molecule has 0 aliphatic carbocycles. The molecule has 0 spiro atoms. The third-order valence-corrected chi connectivity index (χ3v) is 3.70. The summed E-state index contributed by atoms with van der Waals surface area (Å²) in [5, 5.41) is 8.47. The number of ether oxygens (including phenoxy) is 1. The Bertz CT molecular complexity index is 592. The van der Waals surface area contributed by atoms with Gasteiger partial charge in [-0.15, -0.1) is 0 Å². The van der Waals surface area contributed by atoms with Crippen LogP contribution in [-0.2, 0) is 11.3 Å². The first-order chi connectivity index (χ1) is 10.1. The van der Waals surface area contributed by atoms with E-state index in [2.05, 4.69) is 17.3 Å². The minimum atomic E-state index is -0.0423. The van der Waals surface area contributed by atoms with Crippen molar-refractivity contribution in [1.29, 1.82) is 0 Å². The maximum absolute atomic E-state index is 6.37. The van der Waals surface area contributed by atoms with E-state index in [0.717, 1.165) is 29.3 Å². The molecule has 0 aromatic carbocycles. The molecule has 5 nitrogen and oxygen atoms in total. The number of aromatic nitrogens is 2.